The van der Waals surface area contributed by atoms with Crippen LogP contribution in [0.4, 0.5) is 5.82 Å². The summed E-state index contributed by atoms with van der Waals surface area (Å²) in [7, 11) is 0. The first-order valence-corrected chi connectivity index (χ1v) is 5.19. The Morgan fingerprint density at radius 2 is 2.17 bits per heavy atom. The number of aromatic nitrogens is 2. The summed E-state index contributed by atoms with van der Waals surface area (Å²) >= 11 is 11.0. The quantitative estimate of drug-likeness (QED) is 0.498. The van der Waals surface area contributed by atoms with Crippen molar-refractivity contribution < 1.29 is 10.0 Å². The Morgan fingerprint density at radius 1 is 1.61 bits per heavy atom. The maximum absolute atomic E-state index is 11.6. The molecule has 0 saturated carbocycles. The zero-order chi connectivity index (χ0) is 14.1. The summed E-state index contributed by atoms with van der Waals surface area (Å²) in [6.07, 6.45) is 0. The molecule has 0 aliphatic heterocycles. The van der Waals surface area contributed by atoms with Gasteiger partial charge in [0.1, 0.15) is 11.6 Å². The van der Waals surface area contributed by atoms with E-state index in [1.807, 2.05) is 0 Å². The van der Waals surface area contributed by atoms with Crippen molar-refractivity contribution in [2.75, 3.05) is 0 Å². The van der Waals surface area contributed by atoms with Gasteiger partial charge in [0.15, 0.2) is 10.6 Å². The van der Waals surface area contributed by atoms with Crippen LogP contribution in [0.5, 0.6) is 0 Å². The molecule has 10 heteroatoms. The summed E-state index contributed by atoms with van der Waals surface area (Å²) < 4.78 is 0.523. The fraction of sp³-hybridized carbons (Fsp3) is 0.375. The minimum absolute atomic E-state index is 0.523. The van der Waals surface area contributed by atoms with E-state index in [0.717, 1.165) is 6.92 Å². The van der Waals surface area contributed by atoms with Gasteiger partial charge in [-0.15, -0.1) is 4.68 Å². The number of hydrogen-bond donors (Lipinski definition) is 1. The van der Waals surface area contributed by atoms with Gasteiger partial charge >= 0.3 is 11.4 Å². The number of hydrogen-bond acceptors (Lipinski definition) is 6. The van der Waals surface area contributed by atoms with Crippen molar-refractivity contribution >= 4 is 29.0 Å². The molecule has 1 aromatic heterocycles. The molecule has 1 heterocycles. The fourth-order valence-corrected chi connectivity index (χ4v) is 1.43. The maximum atomic E-state index is 11.6. The van der Waals surface area contributed by atoms with Gasteiger partial charge in [0.2, 0.25) is 0 Å². The first-order valence-electron chi connectivity index (χ1n) is 4.44. The molecule has 96 valence electrons. The summed E-state index contributed by atoms with van der Waals surface area (Å²) in [5, 5.41) is 30.9. The highest BCUT2D eigenvalue weighted by Crippen LogP contribution is 2.26. The molecule has 0 aromatic carbocycles. The smallest absolute Gasteiger partial charge is 0.374 e. The van der Waals surface area contributed by atoms with Crippen LogP contribution >= 0.6 is 23.2 Å². The van der Waals surface area contributed by atoms with E-state index in [0.29, 0.717) is 4.68 Å². The van der Waals surface area contributed by atoms with Crippen LogP contribution in [0.15, 0.2) is 4.79 Å². The molecule has 1 N–H and O–H groups in total. The Hall–Kier alpha value is -1.69. The number of aliphatic hydroxyl groups is 1. The van der Waals surface area contributed by atoms with Crippen LogP contribution < -0.4 is 5.56 Å². The van der Waals surface area contributed by atoms with Gasteiger partial charge in [-0.1, -0.05) is 23.2 Å². The lowest BCUT2D eigenvalue weighted by molar-refractivity contribution is -0.390. The molecule has 1 rings (SSSR count). The number of nitriles is 1. The third-order valence-corrected chi connectivity index (χ3v) is 2.70. The SMILES string of the molecule is CC(O)(C#N)Cn1nc([N+](=O)[O-])c(Cl)c(Cl)c1=O. The van der Waals surface area contributed by atoms with E-state index in [4.69, 9.17) is 28.5 Å². The highest BCUT2D eigenvalue weighted by molar-refractivity contribution is 6.42. The van der Waals surface area contributed by atoms with Crippen LogP contribution in [-0.4, -0.2) is 25.4 Å². The van der Waals surface area contributed by atoms with Gasteiger partial charge in [0.25, 0.3) is 0 Å². The van der Waals surface area contributed by atoms with Crippen LogP contribution in [0.25, 0.3) is 0 Å². The first-order chi connectivity index (χ1) is 8.19. The molecule has 1 aromatic rings. The Morgan fingerprint density at radius 3 is 2.61 bits per heavy atom. The topological polar surface area (TPSA) is 122 Å². The lowest BCUT2D eigenvalue weighted by Crippen LogP contribution is -2.36. The number of nitrogens with zero attached hydrogens (tertiary/aromatic N) is 4. The zero-order valence-corrected chi connectivity index (χ0v) is 10.4. The van der Waals surface area contributed by atoms with Gasteiger partial charge < -0.3 is 15.2 Å². The Kier molecular flexibility index (Phi) is 3.91. The lowest BCUT2D eigenvalue weighted by Gasteiger charge is -2.12. The summed E-state index contributed by atoms with van der Waals surface area (Å²) in [4.78, 5) is 21.3. The van der Waals surface area contributed by atoms with Crippen molar-refractivity contribution in [1.29, 1.82) is 5.26 Å². The molecular weight excluding hydrogens is 287 g/mol. The minimum atomic E-state index is -1.91. The molecule has 1 unspecified atom stereocenters. The van der Waals surface area contributed by atoms with E-state index < -0.39 is 38.5 Å². The Balaban J connectivity index is 3.44. The highest BCUT2D eigenvalue weighted by atomic mass is 35.5. The Bertz CT molecular complexity index is 604. The molecule has 0 fully saturated rings. The standard InChI is InChI=1S/C8H6Cl2N4O4/c1-8(16,2-11)3-13-7(15)5(10)4(9)6(12-13)14(17)18/h16H,3H2,1H3. The summed E-state index contributed by atoms with van der Waals surface area (Å²) in [5.74, 6) is -0.824. The van der Waals surface area contributed by atoms with E-state index in [1.54, 1.807) is 0 Å². The largest absolute Gasteiger partial charge is 0.408 e. The average molecular weight is 293 g/mol. The van der Waals surface area contributed by atoms with Crippen molar-refractivity contribution in [3.8, 4) is 6.07 Å². The first kappa shape index (κ1) is 14.4. The van der Waals surface area contributed by atoms with Gasteiger partial charge in [0.05, 0.1) is 11.2 Å². The van der Waals surface area contributed by atoms with Crippen LogP contribution in [0.2, 0.25) is 10.0 Å². The predicted octanol–water partition coefficient (Wildman–Crippen LogP) is 0.733. The number of halogens is 2. The second-order valence-electron chi connectivity index (χ2n) is 3.56. The van der Waals surface area contributed by atoms with Crippen molar-refractivity contribution in [1.82, 2.24) is 9.78 Å². The third-order valence-electron chi connectivity index (χ3n) is 1.90. The second kappa shape index (κ2) is 4.89. The van der Waals surface area contributed by atoms with E-state index in [-0.39, 0.29) is 0 Å². The Labute approximate surface area is 110 Å². The van der Waals surface area contributed by atoms with Crippen LogP contribution in [0.3, 0.4) is 0 Å². The highest BCUT2D eigenvalue weighted by Gasteiger charge is 2.29. The van der Waals surface area contributed by atoms with Crippen molar-refractivity contribution in [2.45, 2.75) is 19.1 Å². The lowest BCUT2D eigenvalue weighted by atomic mass is 10.1. The van der Waals surface area contributed by atoms with Crippen molar-refractivity contribution in [3.63, 3.8) is 0 Å². The van der Waals surface area contributed by atoms with E-state index in [2.05, 4.69) is 5.10 Å². The number of nitro groups is 1. The fourth-order valence-electron chi connectivity index (χ4n) is 1.06. The second-order valence-corrected chi connectivity index (χ2v) is 4.31. The maximum Gasteiger partial charge on any atom is 0.408 e. The third kappa shape index (κ3) is 2.76. The molecule has 0 saturated heterocycles. The van der Waals surface area contributed by atoms with Crippen LogP contribution in [0, 0.1) is 21.4 Å². The molecule has 0 spiro atoms. The van der Waals surface area contributed by atoms with Crippen LogP contribution in [0.1, 0.15) is 6.92 Å². The molecule has 18 heavy (non-hydrogen) atoms. The van der Waals surface area contributed by atoms with E-state index in [9.17, 15) is 20.0 Å². The molecule has 8 nitrogen and oxygen atoms in total. The molecule has 0 radical (unpaired) electrons. The molecular formula is C8H6Cl2N4O4. The average Bonchev–Trinajstić information content (AvgIpc) is 2.29. The summed E-state index contributed by atoms with van der Waals surface area (Å²) in [5.41, 5.74) is -2.84. The summed E-state index contributed by atoms with van der Waals surface area (Å²) in [6.45, 7) is 0.551. The zero-order valence-electron chi connectivity index (χ0n) is 8.92. The van der Waals surface area contributed by atoms with E-state index in [1.165, 1.54) is 6.07 Å². The van der Waals surface area contributed by atoms with Crippen molar-refractivity contribution in [2.24, 2.45) is 0 Å². The van der Waals surface area contributed by atoms with Crippen molar-refractivity contribution in [3.05, 3.63) is 30.5 Å². The summed E-state index contributed by atoms with van der Waals surface area (Å²) in [6, 6.07) is 1.51. The van der Waals surface area contributed by atoms with Gasteiger partial charge in [-0.05, 0) is 11.8 Å². The van der Waals surface area contributed by atoms with Gasteiger partial charge in [-0.25, -0.2) is 0 Å². The molecule has 0 amide bonds. The van der Waals surface area contributed by atoms with E-state index >= 15 is 0 Å². The normalized spacial score (nSPS) is 13.7. The minimum Gasteiger partial charge on any atom is -0.374 e. The monoisotopic (exact) mass is 292 g/mol. The molecule has 0 aliphatic carbocycles. The predicted molar refractivity (Wildman–Crippen MR) is 61.4 cm³/mol. The molecule has 0 bridgehead atoms. The van der Waals surface area contributed by atoms with Gasteiger partial charge in [-0.3, -0.25) is 4.79 Å². The van der Waals surface area contributed by atoms with Gasteiger partial charge in [0, 0.05) is 0 Å². The van der Waals surface area contributed by atoms with Crippen LogP contribution in [-0.2, 0) is 6.54 Å². The van der Waals surface area contributed by atoms with Gasteiger partial charge in [-0.2, -0.15) is 5.26 Å². The molecule has 0 aliphatic rings. The molecule has 1 atom stereocenters. The number of rotatable bonds is 3.